The van der Waals surface area contributed by atoms with Gasteiger partial charge in [0.2, 0.25) is 0 Å². The number of hydrogen-bond acceptors (Lipinski definition) is 5. The molecule has 2 aromatic heterocycles. The zero-order valence-electron chi connectivity index (χ0n) is 8.58. The first-order chi connectivity index (χ1) is 7.22. The van der Waals surface area contributed by atoms with Crippen LogP contribution < -0.4 is 0 Å². The van der Waals surface area contributed by atoms with E-state index < -0.39 is 0 Å². The molecule has 0 saturated carbocycles. The minimum atomic E-state index is -0.205. The summed E-state index contributed by atoms with van der Waals surface area (Å²) in [5.74, 6) is -0.0430. The number of carbonyl (C=O) groups excluding carboxylic acids is 1. The average molecular weight is 205 g/mol. The predicted molar refractivity (Wildman–Crippen MR) is 52.3 cm³/mol. The summed E-state index contributed by atoms with van der Waals surface area (Å²) in [7, 11) is 0. The first-order valence-corrected chi connectivity index (χ1v) is 4.80. The van der Waals surface area contributed by atoms with Crippen molar-refractivity contribution >= 4 is 11.4 Å². The Kier molecular flexibility index (Phi) is 2.40. The Morgan fingerprint density at radius 2 is 2.33 bits per heavy atom. The molecule has 6 nitrogen and oxygen atoms in total. The minimum Gasteiger partial charge on any atom is -0.299 e. The van der Waals surface area contributed by atoms with Crippen LogP contribution in [0.3, 0.4) is 0 Å². The van der Waals surface area contributed by atoms with Gasteiger partial charge >= 0.3 is 0 Å². The zero-order valence-corrected chi connectivity index (χ0v) is 8.58. The maximum atomic E-state index is 11.5. The summed E-state index contributed by atoms with van der Waals surface area (Å²) in [6.45, 7) is 3.68. The fourth-order valence-electron chi connectivity index (χ4n) is 1.37. The second-order valence-corrected chi connectivity index (χ2v) is 3.33. The van der Waals surface area contributed by atoms with Crippen molar-refractivity contribution in [2.75, 3.05) is 0 Å². The lowest BCUT2D eigenvalue weighted by atomic mass is 10.0. The Hall–Kier alpha value is -1.85. The van der Waals surface area contributed by atoms with Crippen molar-refractivity contribution < 1.29 is 4.79 Å². The molecule has 2 heterocycles. The molecular weight excluding hydrogens is 194 g/mol. The SMILES string of the molecule is CCC(=O)C(C)c1ccc2nnnn2n1. The standard InChI is InChI=1S/C9H11N5O/c1-3-8(15)6(2)7-4-5-9-10-12-13-14(9)11-7/h4-6H,3H2,1-2H3. The van der Waals surface area contributed by atoms with Gasteiger partial charge in [0.1, 0.15) is 5.78 Å². The molecule has 0 aromatic carbocycles. The van der Waals surface area contributed by atoms with Gasteiger partial charge in [-0.2, -0.15) is 5.10 Å². The predicted octanol–water partition coefficient (Wildman–Crippen LogP) is 0.602. The van der Waals surface area contributed by atoms with Crippen LogP contribution in [0.1, 0.15) is 31.9 Å². The molecule has 2 aromatic rings. The fraction of sp³-hybridized carbons (Fsp3) is 0.444. The molecule has 0 bridgehead atoms. The van der Waals surface area contributed by atoms with E-state index in [9.17, 15) is 4.79 Å². The van der Waals surface area contributed by atoms with Crippen LogP contribution in [-0.2, 0) is 4.79 Å². The van der Waals surface area contributed by atoms with Crippen LogP contribution >= 0.6 is 0 Å². The average Bonchev–Trinajstić information content (AvgIpc) is 2.73. The van der Waals surface area contributed by atoms with Crippen molar-refractivity contribution in [1.29, 1.82) is 0 Å². The molecule has 1 atom stereocenters. The molecule has 0 radical (unpaired) electrons. The van der Waals surface area contributed by atoms with Gasteiger partial charge < -0.3 is 0 Å². The third kappa shape index (κ3) is 1.70. The molecule has 0 amide bonds. The second kappa shape index (κ2) is 3.72. The number of nitrogens with zero attached hydrogens (tertiary/aromatic N) is 5. The van der Waals surface area contributed by atoms with E-state index in [0.29, 0.717) is 17.8 Å². The van der Waals surface area contributed by atoms with E-state index in [1.807, 2.05) is 13.8 Å². The summed E-state index contributed by atoms with van der Waals surface area (Å²) in [4.78, 5) is 11.5. The largest absolute Gasteiger partial charge is 0.299 e. The zero-order chi connectivity index (χ0) is 10.8. The summed E-state index contributed by atoms with van der Waals surface area (Å²) in [6.07, 6.45) is 0.510. The highest BCUT2D eigenvalue weighted by atomic mass is 16.1. The third-order valence-corrected chi connectivity index (χ3v) is 2.37. The highest BCUT2D eigenvalue weighted by Crippen LogP contribution is 2.14. The smallest absolute Gasteiger partial charge is 0.199 e. The Labute approximate surface area is 86.3 Å². The second-order valence-electron chi connectivity index (χ2n) is 3.33. The molecule has 0 N–H and O–H groups in total. The van der Waals surface area contributed by atoms with Gasteiger partial charge in [0.15, 0.2) is 5.65 Å². The molecule has 78 valence electrons. The van der Waals surface area contributed by atoms with Gasteiger partial charge in [-0.3, -0.25) is 4.79 Å². The summed E-state index contributed by atoms with van der Waals surface area (Å²) < 4.78 is 1.33. The Balaban J connectivity index is 2.39. The van der Waals surface area contributed by atoms with Crippen LogP contribution in [0.4, 0.5) is 0 Å². The lowest BCUT2D eigenvalue weighted by Crippen LogP contribution is -2.11. The molecule has 0 aliphatic rings. The Morgan fingerprint density at radius 3 is 3.07 bits per heavy atom. The van der Waals surface area contributed by atoms with Crippen LogP contribution in [-0.4, -0.2) is 31.0 Å². The quantitative estimate of drug-likeness (QED) is 0.733. The normalized spacial score (nSPS) is 12.9. The summed E-state index contributed by atoms with van der Waals surface area (Å²) in [6, 6.07) is 3.53. The maximum Gasteiger partial charge on any atom is 0.199 e. The molecule has 15 heavy (non-hydrogen) atoms. The number of fused-ring (bicyclic) bond motifs is 1. The fourth-order valence-corrected chi connectivity index (χ4v) is 1.37. The van der Waals surface area contributed by atoms with Gasteiger partial charge in [-0.15, -0.1) is 9.73 Å². The lowest BCUT2D eigenvalue weighted by Gasteiger charge is -2.07. The highest BCUT2D eigenvalue weighted by molar-refractivity contribution is 5.84. The number of ketones is 1. The topological polar surface area (TPSA) is 73.0 Å². The number of carbonyl (C=O) groups is 1. The van der Waals surface area contributed by atoms with Gasteiger partial charge in [0.25, 0.3) is 0 Å². The third-order valence-electron chi connectivity index (χ3n) is 2.37. The van der Waals surface area contributed by atoms with E-state index in [1.165, 1.54) is 4.63 Å². The van der Waals surface area contributed by atoms with Crippen molar-refractivity contribution in [3.8, 4) is 0 Å². The number of Topliss-reactive ketones (excluding diaryl/α,β-unsaturated/α-hetero) is 1. The van der Waals surface area contributed by atoms with Crippen LogP contribution in [0.2, 0.25) is 0 Å². The molecule has 0 spiro atoms. The maximum absolute atomic E-state index is 11.5. The molecule has 0 fully saturated rings. The van der Waals surface area contributed by atoms with E-state index >= 15 is 0 Å². The van der Waals surface area contributed by atoms with Gasteiger partial charge in [-0.25, -0.2) is 0 Å². The van der Waals surface area contributed by atoms with E-state index in [1.54, 1.807) is 12.1 Å². The summed E-state index contributed by atoms with van der Waals surface area (Å²) in [5.41, 5.74) is 1.27. The Bertz CT molecular complexity index is 492. The molecule has 1 unspecified atom stereocenters. The van der Waals surface area contributed by atoms with Crippen LogP contribution in [0.25, 0.3) is 5.65 Å². The van der Waals surface area contributed by atoms with Gasteiger partial charge in [0.05, 0.1) is 11.6 Å². The molecule has 6 heteroatoms. The molecule has 2 rings (SSSR count). The number of rotatable bonds is 3. The van der Waals surface area contributed by atoms with Crippen molar-refractivity contribution in [2.45, 2.75) is 26.2 Å². The van der Waals surface area contributed by atoms with Gasteiger partial charge in [0, 0.05) is 6.42 Å². The molecule has 0 aliphatic carbocycles. The van der Waals surface area contributed by atoms with Crippen LogP contribution in [0, 0.1) is 0 Å². The molecule has 0 saturated heterocycles. The van der Waals surface area contributed by atoms with Crippen molar-refractivity contribution in [3.05, 3.63) is 17.8 Å². The lowest BCUT2D eigenvalue weighted by molar-refractivity contribution is -0.119. The van der Waals surface area contributed by atoms with Crippen molar-refractivity contribution in [3.63, 3.8) is 0 Å². The number of aromatic nitrogens is 5. The number of tetrazole rings is 1. The first-order valence-electron chi connectivity index (χ1n) is 4.80. The summed E-state index contributed by atoms with van der Waals surface area (Å²) in [5, 5.41) is 15.1. The van der Waals surface area contributed by atoms with Crippen LogP contribution in [0.5, 0.6) is 0 Å². The van der Waals surface area contributed by atoms with E-state index in [2.05, 4.69) is 20.6 Å². The van der Waals surface area contributed by atoms with E-state index in [0.717, 1.165) is 0 Å². The van der Waals surface area contributed by atoms with E-state index in [-0.39, 0.29) is 11.7 Å². The van der Waals surface area contributed by atoms with Crippen molar-refractivity contribution in [2.24, 2.45) is 0 Å². The van der Waals surface area contributed by atoms with Crippen LogP contribution in [0.15, 0.2) is 12.1 Å². The monoisotopic (exact) mass is 205 g/mol. The van der Waals surface area contributed by atoms with Gasteiger partial charge in [-0.05, 0) is 29.5 Å². The highest BCUT2D eigenvalue weighted by Gasteiger charge is 2.15. The number of hydrogen-bond donors (Lipinski definition) is 0. The van der Waals surface area contributed by atoms with E-state index in [4.69, 9.17) is 0 Å². The Morgan fingerprint density at radius 1 is 1.53 bits per heavy atom. The minimum absolute atomic E-state index is 0.162. The molecular formula is C9H11N5O. The molecule has 0 aliphatic heterocycles. The van der Waals surface area contributed by atoms with Gasteiger partial charge in [-0.1, -0.05) is 6.92 Å². The summed E-state index contributed by atoms with van der Waals surface area (Å²) >= 11 is 0. The first kappa shape index (κ1) is 9.70. The van der Waals surface area contributed by atoms with Crippen molar-refractivity contribution in [1.82, 2.24) is 25.3 Å².